The molecule has 2 unspecified atom stereocenters. The van der Waals surface area contributed by atoms with Gasteiger partial charge < -0.3 is 5.11 Å². The molecule has 2 aromatic carbocycles. The van der Waals surface area contributed by atoms with E-state index < -0.39 is 0 Å². The molecule has 3 heteroatoms. The molecule has 1 N–H and O–H groups in total. The number of likely N-dealkylation sites (tertiary alicyclic amines) is 1. The van der Waals surface area contributed by atoms with Crippen LogP contribution >= 0.6 is 0 Å². The predicted octanol–water partition coefficient (Wildman–Crippen LogP) is 4.55. The summed E-state index contributed by atoms with van der Waals surface area (Å²) in [5, 5.41) is 9.89. The zero-order chi connectivity index (χ0) is 18.0. The maximum absolute atomic E-state index is 12.3. The average molecular weight is 349 g/mol. The number of rotatable bonds is 6. The summed E-state index contributed by atoms with van der Waals surface area (Å²) in [6.07, 6.45) is 6.43. The van der Waals surface area contributed by atoms with Crippen molar-refractivity contribution in [3.8, 4) is 5.75 Å². The van der Waals surface area contributed by atoms with Crippen LogP contribution in [-0.2, 0) is 5.41 Å². The van der Waals surface area contributed by atoms with E-state index in [0.717, 1.165) is 25.1 Å². The van der Waals surface area contributed by atoms with Gasteiger partial charge in [0.2, 0.25) is 0 Å². The summed E-state index contributed by atoms with van der Waals surface area (Å²) >= 11 is 0. The van der Waals surface area contributed by atoms with Gasteiger partial charge in [-0.1, -0.05) is 48.9 Å². The first-order valence-electron chi connectivity index (χ1n) is 9.78. The zero-order valence-electron chi connectivity index (χ0n) is 15.2. The lowest BCUT2D eigenvalue weighted by Gasteiger charge is -2.32. The molecule has 2 fully saturated rings. The van der Waals surface area contributed by atoms with Crippen molar-refractivity contribution >= 4 is 5.78 Å². The van der Waals surface area contributed by atoms with E-state index in [2.05, 4.69) is 11.0 Å². The molecule has 1 heterocycles. The molecule has 1 saturated carbocycles. The van der Waals surface area contributed by atoms with Crippen molar-refractivity contribution < 1.29 is 9.90 Å². The normalized spacial score (nSPS) is 25.3. The smallest absolute Gasteiger partial charge is 0.162 e. The Bertz CT molecular complexity index is 773. The van der Waals surface area contributed by atoms with Crippen molar-refractivity contribution in [3.63, 3.8) is 0 Å². The Kier molecular flexibility index (Phi) is 4.82. The molecule has 4 rings (SSSR count). The number of hydrogen-bond donors (Lipinski definition) is 1. The molecule has 136 valence electrons. The molecule has 3 nitrogen and oxygen atoms in total. The first-order chi connectivity index (χ1) is 12.7. The highest BCUT2D eigenvalue weighted by molar-refractivity contribution is 5.95. The van der Waals surface area contributed by atoms with E-state index in [1.165, 1.54) is 31.2 Å². The van der Waals surface area contributed by atoms with Crippen LogP contribution in [0.1, 0.15) is 54.4 Å². The fourth-order valence-corrected chi connectivity index (χ4v) is 4.97. The van der Waals surface area contributed by atoms with E-state index in [9.17, 15) is 9.90 Å². The van der Waals surface area contributed by atoms with Crippen LogP contribution < -0.4 is 0 Å². The quantitative estimate of drug-likeness (QED) is 0.778. The first kappa shape index (κ1) is 17.3. The lowest BCUT2D eigenvalue weighted by Crippen LogP contribution is -2.31. The zero-order valence-corrected chi connectivity index (χ0v) is 15.2. The van der Waals surface area contributed by atoms with Crippen molar-refractivity contribution in [2.75, 3.05) is 13.1 Å². The Morgan fingerprint density at radius 3 is 2.81 bits per heavy atom. The molecule has 0 radical (unpaired) electrons. The van der Waals surface area contributed by atoms with Gasteiger partial charge >= 0.3 is 0 Å². The van der Waals surface area contributed by atoms with E-state index in [0.29, 0.717) is 18.2 Å². The van der Waals surface area contributed by atoms with Crippen LogP contribution in [-0.4, -0.2) is 34.9 Å². The lowest BCUT2D eigenvalue weighted by atomic mass is 9.71. The maximum Gasteiger partial charge on any atom is 0.162 e. The molecule has 2 atom stereocenters. The van der Waals surface area contributed by atoms with E-state index in [-0.39, 0.29) is 11.2 Å². The number of fused-ring (bicyclic) bond motifs is 2. The highest BCUT2D eigenvalue weighted by Gasteiger charge is 2.47. The number of carbonyl (C=O) groups excluding carboxylic acids is 1. The van der Waals surface area contributed by atoms with Gasteiger partial charge in [-0.05, 0) is 49.9 Å². The van der Waals surface area contributed by atoms with Gasteiger partial charge in [0.15, 0.2) is 5.78 Å². The van der Waals surface area contributed by atoms with Gasteiger partial charge in [-0.15, -0.1) is 0 Å². The summed E-state index contributed by atoms with van der Waals surface area (Å²) in [6.45, 7) is 2.05. The number of carbonyl (C=O) groups is 1. The average Bonchev–Trinajstić information content (AvgIpc) is 2.93. The van der Waals surface area contributed by atoms with Crippen LogP contribution in [0.25, 0.3) is 0 Å². The van der Waals surface area contributed by atoms with Crippen LogP contribution in [0.3, 0.4) is 0 Å². The van der Waals surface area contributed by atoms with Crippen LogP contribution in [0.15, 0.2) is 54.6 Å². The van der Waals surface area contributed by atoms with E-state index in [4.69, 9.17) is 0 Å². The van der Waals surface area contributed by atoms with Crippen LogP contribution in [0, 0.1) is 0 Å². The number of nitrogens with zero attached hydrogens (tertiary/aromatic N) is 1. The monoisotopic (exact) mass is 349 g/mol. The Balaban J connectivity index is 1.39. The molecule has 2 aromatic rings. The summed E-state index contributed by atoms with van der Waals surface area (Å²) in [4.78, 5) is 14.9. The fourth-order valence-electron chi connectivity index (χ4n) is 4.97. The second kappa shape index (κ2) is 7.24. The number of aromatic hydroxyl groups is 1. The summed E-state index contributed by atoms with van der Waals surface area (Å²) in [5.74, 6) is 0.612. The molecular formula is C23H27NO2. The van der Waals surface area contributed by atoms with E-state index >= 15 is 0 Å². The van der Waals surface area contributed by atoms with Crippen molar-refractivity contribution in [1.82, 2.24) is 4.90 Å². The molecule has 0 spiro atoms. The Morgan fingerprint density at radius 2 is 2.00 bits per heavy atom. The maximum atomic E-state index is 12.3. The Hall–Kier alpha value is -2.13. The van der Waals surface area contributed by atoms with Crippen molar-refractivity contribution in [3.05, 3.63) is 65.7 Å². The number of Topliss-reactive ketones (excluding diaryl/α,β-unsaturated/α-hetero) is 1. The molecule has 2 bridgehead atoms. The van der Waals surface area contributed by atoms with Crippen molar-refractivity contribution in [1.29, 1.82) is 0 Å². The largest absolute Gasteiger partial charge is 0.508 e. The standard InChI is InChI=1S/C23H27NO2/c25-21-11-4-9-19(15-21)23-13-5-10-20(16-23)24(17-23)14-6-12-22(26)18-7-2-1-3-8-18/h1-4,7-9,11,15,20,25H,5-6,10,12-14,16-17H2. The van der Waals surface area contributed by atoms with Gasteiger partial charge in [0, 0.05) is 30.0 Å². The second-order valence-electron chi connectivity index (χ2n) is 7.94. The Labute approximate surface area is 155 Å². The van der Waals surface area contributed by atoms with Crippen LogP contribution in [0.4, 0.5) is 0 Å². The van der Waals surface area contributed by atoms with Crippen LogP contribution in [0.2, 0.25) is 0 Å². The van der Waals surface area contributed by atoms with E-state index in [1.54, 1.807) is 6.07 Å². The van der Waals surface area contributed by atoms with Gasteiger partial charge in [-0.2, -0.15) is 0 Å². The molecule has 1 aliphatic heterocycles. The summed E-state index contributed by atoms with van der Waals surface area (Å²) in [7, 11) is 0. The number of phenols is 1. The molecular weight excluding hydrogens is 322 g/mol. The third-order valence-corrected chi connectivity index (χ3v) is 6.24. The van der Waals surface area contributed by atoms with Crippen LogP contribution in [0.5, 0.6) is 5.75 Å². The predicted molar refractivity (Wildman–Crippen MR) is 104 cm³/mol. The third kappa shape index (κ3) is 3.41. The highest BCUT2D eigenvalue weighted by atomic mass is 16.3. The SMILES string of the molecule is O=C(CCCN1CC2(c3cccc(O)c3)CCCC1C2)c1ccccc1. The van der Waals surface area contributed by atoms with Gasteiger partial charge in [0.1, 0.15) is 5.75 Å². The molecule has 2 aliphatic rings. The first-order valence-corrected chi connectivity index (χ1v) is 9.78. The summed E-state index contributed by atoms with van der Waals surface area (Å²) < 4.78 is 0. The van der Waals surface area contributed by atoms with Gasteiger partial charge in [-0.25, -0.2) is 0 Å². The topological polar surface area (TPSA) is 40.5 Å². The van der Waals surface area contributed by atoms with Gasteiger partial charge in [0.25, 0.3) is 0 Å². The molecule has 1 aliphatic carbocycles. The van der Waals surface area contributed by atoms with Gasteiger partial charge in [0.05, 0.1) is 0 Å². The molecule has 26 heavy (non-hydrogen) atoms. The van der Waals surface area contributed by atoms with Gasteiger partial charge in [-0.3, -0.25) is 9.69 Å². The van der Waals surface area contributed by atoms with Crippen molar-refractivity contribution in [2.24, 2.45) is 0 Å². The number of phenolic OH excluding ortho intramolecular Hbond substituents is 1. The number of benzene rings is 2. The second-order valence-corrected chi connectivity index (χ2v) is 7.94. The third-order valence-electron chi connectivity index (χ3n) is 6.24. The molecule has 0 aromatic heterocycles. The fraction of sp³-hybridized carbons (Fsp3) is 0.435. The van der Waals surface area contributed by atoms with E-state index in [1.807, 2.05) is 42.5 Å². The minimum Gasteiger partial charge on any atom is -0.508 e. The number of ketones is 1. The summed E-state index contributed by atoms with van der Waals surface area (Å²) in [6, 6.07) is 18.1. The van der Waals surface area contributed by atoms with Crippen molar-refractivity contribution in [2.45, 2.75) is 50.0 Å². The minimum absolute atomic E-state index is 0.186. The molecule has 0 amide bonds. The highest BCUT2D eigenvalue weighted by Crippen LogP contribution is 2.47. The molecule has 1 saturated heterocycles. The lowest BCUT2D eigenvalue weighted by molar-refractivity contribution is 0.0973. The minimum atomic E-state index is 0.186. The Morgan fingerprint density at radius 1 is 1.15 bits per heavy atom. The number of hydrogen-bond acceptors (Lipinski definition) is 3. The summed E-state index contributed by atoms with van der Waals surface area (Å²) in [5.41, 5.74) is 2.29.